The Morgan fingerprint density at radius 3 is 1.46 bits per heavy atom. The summed E-state index contributed by atoms with van der Waals surface area (Å²) < 4.78 is 0. The molecule has 0 saturated carbocycles. The molecule has 0 radical (unpaired) electrons. The molecule has 1 heteroatoms. The summed E-state index contributed by atoms with van der Waals surface area (Å²) >= 11 is 0. The van der Waals surface area contributed by atoms with Gasteiger partial charge in [-0.3, -0.25) is 0 Å². The fraction of sp³-hybridized carbons (Fsp3) is 1.00. The second-order valence-corrected chi connectivity index (χ2v) is 2.47. The second kappa shape index (κ2) is 22.7. The predicted octanol–water partition coefficient (Wildman–Crippen LogP) is 4.23. The van der Waals surface area contributed by atoms with Crippen LogP contribution in [0.15, 0.2) is 0 Å². The molecule has 0 bridgehead atoms. The lowest BCUT2D eigenvalue weighted by atomic mass is 10.2. The zero-order chi connectivity index (χ0) is 11.1. The van der Waals surface area contributed by atoms with Crippen molar-refractivity contribution < 1.29 is 0 Å². The third kappa shape index (κ3) is 18.7. The minimum absolute atomic E-state index is 0.755. The van der Waals surface area contributed by atoms with Gasteiger partial charge in [-0.2, -0.15) is 0 Å². The smallest absolute Gasteiger partial charge is 0.00618 e. The van der Waals surface area contributed by atoms with Gasteiger partial charge in [-0.25, -0.2) is 0 Å². The summed E-state index contributed by atoms with van der Waals surface area (Å²) in [6.07, 6.45) is 3.77. The summed E-state index contributed by atoms with van der Waals surface area (Å²) in [4.78, 5) is 0. The van der Waals surface area contributed by atoms with Crippen LogP contribution in [0.2, 0.25) is 0 Å². The van der Waals surface area contributed by atoms with E-state index in [9.17, 15) is 0 Å². The Kier molecular flexibility index (Phi) is 32.6. The third-order valence-electron chi connectivity index (χ3n) is 1.67. The lowest BCUT2D eigenvalue weighted by Gasteiger charge is -2.12. The molecule has 13 heavy (non-hydrogen) atoms. The fourth-order valence-electron chi connectivity index (χ4n) is 0.926. The maximum atomic E-state index is 3.47. The van der Waals surface area contributed by atoms with Crippen molar-refractivity contribution in [3.63, 3.8) is 0 Å². The summed E-state index contributed by atoms with van der Waals surface area (Å²) in [5.74, 6) is 0. The van der Waals surface area contributed by atoms with Crippen molar-refractivity contribution in [1.29, 1.82) is 0 Å². The fourth-order valence-corrected chi connectivity index (χ4v) is 0.926. The average molecular weight is 189 g/mol. The van der Waals surface area contributed by atoms with E-state index in [2.05, 4.69) is 26.1 Å². The molecule has 0 aromatic carbocycles. The first-order chi connectivity index (χ1) is 6.35. The lowest BCUT2D eigenvalue weighted by Crippen LogP contribution is -2.27. The molecule has 0 spiro atoms. The standard InChI is InChI=1S/C8H19N.2C2H6/c1-4-7-9-8(5-2)6-3;2*1-2/h8-9H,4-7H2,1-3H3;2*1-2H3. The molecule has 1 nitrogen and oxygen atoms in total. The van der Waals surface area contributed by atoms with Crippen molar-refractivity contribution in [3.8, 4) is 0 Å². The van der Waals surface area contributed by atoms with E-state index in [-0.39, 0.29) is 0 Å². The van der Waals surface area contributed by atoms with Crippen molar-refractivity contribution >= 4 is 0 Å². The lowest BCUT2D eigenvalue weighted by molar-refractivity contribution is 0.485. The Morgan fingerprint density at radius 2 is 1.23 bits per heavy atom. The molecule has 0 aromatic heterocycles. The second-order valence-electron chi connectivity index (χ2n) is 2.47. The van der Waals surface area contributed by atoms with Crippen molar-refractivity contribution in [2.75, 3.05) is 6.54 Å². The highest BCUT2D eigenvalue weighted by Crippen LogP contribution is 1.94. The molecule has 1 N–H and O–H groups in total. The van der Waals surface area contributed by atoms with Gasteiger partial charge in [-0.15, -0.1) is 0 Å². The summed E-state index contributed by atoms with van der Waals surface area (Å²) in [6, 6.07) is 0.755. The molecule has 0 amide bonds. The van der Waals surface area contributed by atoms with Crippen LogP contribution in [-0.2, 0) is 0 Å². The van der Waals surface area contributed by atoms with E-state index in [0.29, 0.717) is 0 Å². The van der Waals surface area contributed by atoms with E-state index < -0.39 is 0 Å². The van der Waals surface area contributed by atoms with Gasteiger partial charge in [0.25, 0.3) is 0 Å². The van der Waals surface area contributed by atoms with Gasteiger partial charge in [0.05, 0.1) is 0 Å². The molecule has 0 atom stereocenters. The van der Waals surface area contributed by atoms with Gasteiger partial charge < -0.3 is 5.32 Å². The van der Waals surface area contributed by atoms with Crippen LogP contribution >= 0.6 is 0 Å². The first kappa shape index (κ1) is 18.7. The quantitative estimate of drug-likeness (QED) is 0.682. The molecule has 0 aliphatic rings. The van der Waals surface area contributed by atoms with E-state index in [1.54, 1.807) is 0 Å². The van der Waals surface area contributed by atoms with E-state index in [1.165, 1.54) is 25.8 Å². The summed E-state index contributed by atoms with van der Waals surface area (Å²) in [7, 11) is 0. The van der Waals surface area contributed by atoms with Gasteiger partial charge in [0.1, 0.15) is 0 Å². The van der Waals surface area contributed by atoms with Crippen molar-refractivity contribution in [1.82, 2.24) is 5.32 Å². The summed E-state index contributed by atoms with van der Waals surface area (Å²) in [5, 5.41) is 3.47. The first-order valence-corrected chi connectivity index (χ1v) is 6.08. The van der Waals surface area contributed by atoms with E-state index in [0.717, 1.165) is 6.04 Å². The van der Waals surface area contributed by atoms with Gasteiger partial charge in [-0.1, -0.05) is 48.5 Å². The monoisotopic (exact) mass is 189 g/mol. The van der Waals surface area contributed by atoms with Crippen molar-refractivity contribution in [2.45, 2.75) is 73.8 Å². The zero-order valence-corrected chi connectivity index (χ0v) is 10.9. The van der Waals surface area contributed by atoms with Gasteiger partial charge in [0.2, 0.25) is 0 Å². The van der Waals surface area contributed by atoms with Gasteiger partial charge in [-0.05, 0) is 25.8 Å². The molecule has 0 heterocycles. The SMILES string of the molecule is CC.CC.CCCNC(CC)CC. The maximum Gasteiger partial charge on any atom is 0.00618 e. The molecule has 0 fully saturated rings. The predicted molar refractivity (Wildman–Crippen MR) is 65.4 cm³/mol. The molecule has 84 valence electrons. The average Bonchev–Trinajstić information content (AvgIpc) is 2.25. The van der Waals surface area contributed by atoms with E-state index in [4.69, 9.17) is 0 Å². The van der Waals surface area contributed by atoms with Crippen LogP contribution in [-0.4, -0.2) is 12.6 Å². The number of hydrogen-bond donors (Lipinski definition) is 1. The molecule has 0 aromatic rings. The molecule has 0 saturated heterocycles. The largest absolute Gasteiger partial charge is 0.314 e. The molecular formula is C12H31N. The van der Waals surface area contributed by atoms with Crippen LogP contribution in [0.5, 0.6) is 0 Å². The Hall–Kier alpha value is -0.0400. The Balaban J connectivity index is -0.000000218. The van der Waals surface area contributed by atoms with Crippen LogP contribution < -0.4 is 5.32 Å². The van der Waals surface area contributed by atoms with Gasteiger partial charge >= 0.3 is 0 Å². The molecular weight excluding hydrogens is 158 g/mol. The number of rotatable bonds is 5. The van der Waals surface area contributed by atoms with E-state index >= 15 is 0 Å². The third-order valence-corrected chi connectivity index (χ3v) is 1.67. The normalized spacial score (nSPS) is 8.31. The molecule has 0 aliphatic heterocycles. The highest BCUT2D eigenvalue weighted by molar-refractivity contribution is 4.60. The Morgan fingerprint density at radius 1 is 0.846 bits per heavy atom. The highest BCUT2D eigenvalue weighted by Gasteiger charge is 1.98. The van der Waals surface area contributed by atoms with Crippen LogP contribution in [0, 0.1) is 0 Å². The van der Waals surface area contributed by atoms with Crippen LogP contribution in [0.4, 0.5) is 0 Å². The molecule has 0 rings (SSSR count). The van der Waals surface area contributed by atoms with Crippen LogP contribution in [0.3, 0.4) is 0 Å². The molecule has 0 aliphatic carbocycles. The topological polar surface area (TPSA) is 12.0 Å². The molecule has 0 unspecified atom stereocenters. The van der Waals surface area contributed by atoms with Gasteiger partial charge in [0.15, 0.2) is 0 Å². The number of nitrogens with one attached hydrogen (secondary N) is 1. The summed E-state index contributed by atoms with van der Waals surface area (Å²) in [6.45, 7) is 15.8. The maximum absolute atomic E-state index is 3.47. The minimum Gasteiger partial charge on any atom is -0.314 e. The summed E-state index contributed by atoms with van der Waals surface area (Å²) in [5.41, 5.74) is 0. The Bertz CT molecular complexity index is 49.1. The van der Waals surface area contributed by atoms with Gasteiger partial charge in [0, 0.05) is 6.04 Å². The number of hydrogen-bond acceptors (Lipinski definition) is 1. The Labute approximate surface area is 86.3 Å². The van der Waals surface area contributed by atoms with Crippen LogP contribution in [0.25, 0.3) is 0 Å². The van der Waals surface area contributed by atoms with E-state index in [1.807, 2.05) is 27.7 Å². The van der Waals surface area contributed by atoms with Crippen LogP contribution in [0.1, 0.15) is 67.7 Å². The van der Waals surface area contributed by atoms with Crippen molar-refractivity contribution in [2.24, 2.45) is 0 Å². The first-order valence-electron chi connectivity index (χ1n) is 6.08. The minimum atomic E-state index is 0.755. The zero-order valence-electron chi connectivity index (χ0n) is 10.9. The highest BCUT2D eigenvalue weighted by atomic mass is 14.9. The van der Waals surface area contributed by atoms with Crippen molar-refractivity contribution in [3.05, 3.63) is 0 Å².